The molecule has 0 radical (unpaired) electrons. The predicted octanol–water partition coefficient (Wildman–Crippen LogP) is 9.96. The zero-order valence-electron chi connectivity index (χ0n) is 32.3. The maximum Gasteiger partial charge on any atom is 0.263 e. The van der Waals surface area contributed by atoms with Crippen LogP contribution < -0.4 is 20.7 Å². The number of rotatable bonds is 24. The number of halogens is 1. The van der Waals surface area contributed by atoms with E-state index in [0.29, 0.717) is 42.1 Å². The molecule has 0 unspecified atom stereocenters. The molecule has 0 spiro atoms. The van der Waals surface area contributed by atoms with E-state index in [1.807, 2.05) is 44.2 Å². The Morgan fingerprint density at radius 3 is 1.72 bits per heavy atom. The summed E-state index contributed by atoms with van der Waals surface area (Å²) in [6.45, 7) is 10.1. The minimum atomic E-state index is -1.13. The Morgan fingerprint density at radius 1 is 0.679 bits per heavy atom. The van der Waals surface area contributed by atoms with Crippen LogP contribution in [0, 0.1) is 0 Å². The Kier molecular flexibility index (Phi) is 21.3. The number of benzene rings is 2. The summed E-state index contributed by atoms with van der Waals surface area (Å²) in [6.07, 6.45) is 33.4. The zero-order chi connectivity index (χ0) is 38.8. The Bertz CT molecular complexity index is 1570. The molecule has 0 saturated carbocycles. The van der Waals surface area contributed by atoms with Crippen molar-refractivity contribution in [3.63, 3.8) is 0 Å². The molecule has 0 heterocycles. The molecule has 53 heavy (non-hydrogen) atoms. The Hall–Kier alpha value is -4.62. The normalized spacial score (nSPS) is 12.6. The molecule has 0 bridgehead atoms. The van der Waals surface area contributed by atoms with Crippen LogP contribution in [0.15, 0.2) is 121 Å². The molecular formula is C45H60ClN3O4. The highest BCUT2D eigenvalue weighted by Crippen LogP contribution is 2.20. The number of ether oxygens (including phenoxy) is 1. The van der Waals surface area contributed by atoms with E-state index in [1.54, 1.807) is 38.1 Å². The molecule has 2 aromatic rings. The molecule has 0 aliphatic rings. The molecule has 0 fully saturated rings. The molecule has 0 aromatic heterocycles. The van der Waals surface area contributed by atoms with Crippen LogP contribution in [0.25, 0.3) is 0 Å². The summed E-state index contributed by atoms with van der Waals surface area (Å²) < 4.78 is 6.02. The van der Waals surface area contributed by atoms with Gasteiger partial charge in [-0.15, -0.1) is 0 Å². The van der Waals surface area contributed by atoms with Crippen molar-refractivity contribution < 1.29 is 19.1 Å². The molecule has 286 valence electrons. The van der Waals surface area contributed by atoms with E-state index < -0.39 is 11.1 Å². The van der Waals surface area contributed by atoms with Gasteiger partial charge in [-0.25, -0.2) is 0 Å². The highest BCUT2D eigenvalue weighted by molar-refractivity contribution is 6.30. The second kappa shape index (κ2) is 25.4. The first kappa shape index (κ1) is 44.5. The number of allylic oxidation sites excluding steroid dienone is 12. The van der Waals surface area contributed by atoms with E-state index in [4.69, 9.17) is 16.3 Å². The molecule has 0 saturated heterocycles. The third-order valence-corrected chi connectivity index (χ3v) is 8.20. The van der Waals surface area contributed by atoms with Gasteiger partial charge in [-0.1, -0.05) is 104 Å². The van der Waals surface area contributed by atoms with Crippen LogP contribution in [-0.2, 0) is 16.0 Å². The van der Waals surface area contributed by atoms with Crippen molar-refractivity contribution in [2.45, 2.75) is 104 Å². The van der Waals surface area contributed by atoms with E-state index >= 15 is 0 Å². The SMILES string of the molecule is CCC=CCC=CCC=CCC=CCC=CCC=CCCC(=O)NC(C)(C)CNC(=O)C(C)(C)Oc1ccc(CCNC(=O)c2ccc(Cl)cc2)cc1. The topological polar surface area (TPSA) is 96.5 Å². The first-order chi connectivity index (χ1) is 25.4. The predicted molar refractivity (Wildman–Crippen MR) is 221 cm³/mol. The molecule has 2 rings (SSSR count). The Balaban J connectivity index is 1.60. The van der Waals surface area contributed by atoms with Crippen LogP contribution >= 0.6 is 11.6 Å². The molecule has 3 N–H and O–H groups in total. The van der Waals surface area contributed by atoms with Gasteiger partial charge >= 0.3 is 0 Å². The van der Waals surface area contributed by atoms with Crippen LogP contribution in [0.4, 0.5) is 0 Å². The summed E-state index contributed by atoms with van der Waals surface area (Å²) >= 11 is 5.89. The minimum absolute atomic E-state index is 0.0658. The van der Waals surface area contributed by atoms with Gasteiger partial charge in [0.2, 0.25) is 5.91 Å². The van der Waals surface area contributed by atoms with Crippen molar-refractivity contribution in [3.8, 4) is 5.75 Å². The molecule has 3 amide bonds. The molecule has 8 heteroatoms. The first-order valence-electron chi connectivity index (χ1n) is 18.7. The molecule has 0 atom stereocenters. The number of hydrogen-bond acceptors (Lipinski definition) is 4. The minimum Gasteiger partial charge on any atom is -0.478 e. The van der Waals surface area contributed by atoms with Gasteiger partial charge < -0.3 is 20.7 Å². The molecule has 0 aliphatic heterocycles. The molecule has 7 nitrogen and oxygen atoms in total. The highest BCUT2D eigenvalue weighted by atomic mass is 35.5. The smallest absolute Gasteiger partial charge is 0.263 e. The van der Waals surface area contributed by atoms with Crippen LogP contribution in [0.2, 0.25) is 5.02 Å². The lowest BCUT2D eigenvalue weighted by Crippen LogP contribution is -2.55. The molecular weight excluding hydrogens is 682 g/mol. The lowest BCUT2D eigenvalue weighted by atomic mass is 10.0. The van der Waals surface area contributed by atoms with Gasteiger partial charge in [0.05, 0.1) is 5.54 Å². The Labute approximate surface area is 323 Å². The number of hydrogen-bond donors (Lipinski definition) is 3. The van der Waals surface area contributed by atoms with E-state index in [9.17, 15) is 14.4 Å². The highest BCUT2D eigenvalue weighted by Gasteiger charge is 2.31. The van der Waals surface area contributed by atoms with Crippen LogP contribution in [-0.4, -0.2) is 42.0 Å². The van der Waals surface area contributed by atoms with Gasteiger partial charge in [-0.2, -0.15) is 0 Å². The number of nitrogens with one attached hydrogen (secondary N) is 3. The second-order valence-corrected chi connectivity index (χ2v) is 14.3. The largest absolute Gasteiger partial charge is 0.478 e. The lowest BCUT2D eigenvalue weighted by Gasteiger charge is -2.30. The maximum atomic E-state index is 13.0. The van der Waals surface area contributed by atoms with E-state index in [-0.39, 0.29) is 24.3 Å². The van der Waals surface area contributed by atoms with Crippen LogP contribution in [0.1, 0.15) is 102 Å². The number of carbonyl (C=O) groups is 3. The monoisotopic (exact) mass is 741 g/mol. The average Bonchev–Trinajstić information content (AvgIpc) is 3.12. The van der Waals surface area contributed by atoms with E-state index in [2.05, 4.69) is 89.7 Å². The van der Waals surface area contributed by atoms with Crippen molar-refractivity contribution in [2.75, 3.05) is 13.1 Å². The van der Waals surface area contributed by atoms with E-state index in [1.165, 1.54) is 0 Å². The van der Waals surface area contributed by atoms with Gasteiger partial charge in [0.1, 0.15) is 5.75 Å². The van der Waals surface area contributed by atoms with Gasteiger partial charge in [0, 0.05) is 30.1 Å². The van der Waals surface area contributed by atoms with Gasteiger partial charge in [0.25, 0.3) is 11.8 Å². The van der Waals surface area contributed by atoms with Crippen molar-refractivity contribution in [3.05, 3.63) is 138 Å². The van der Waals surface area contributed by atoms with Crippen molar-refractivity contribution in [1.29, 1.82) is 0 Å². The summed E-state index contributed by atoms with van der Waals surface area (Å²) in [7, 11) is 0. The first-order valence-corrected chi connectivity index (χ1v) is 19.1. The van der Waals surface area contributed by atoms with Crippen molar-refractivity contribution in [1.82, 2.24) is 16.0 Å². The van der Waals surface area contributed by atoms with Crippen LogP contribution in [0.3, 0.4) is 0 Å². The van der Waals surface area contributed by atoms with Gasteiger partial charge in [-0.05, 0) is 121 Å². The second-order valence-electron chi connectivity index (χ2n) is 13.8. The van der Waals surface area contributed by atoms with Crippen LogP contribution in [0.5, 0.6) is 5.75 Å². The Morgan fingerprint density at radius 2 is 1.19 bits per heavy atom. The quantitative estimate of drug-likeness (QED) is 0.0934. The fraction of sp³-hybridized carbons (Fsp3) is 0.400. The summed E-state index contributed by atoms with van der Waals surface area (Å²) in [4.78, 5) is 37.9. The summed E-state index contributed by atoms with van der Waals surface area (Å²) in [5.41, 5.74) is -0.188. The zero-order valence-corrected chi connectivity index (χ0v) is 33.1. The number of amides is 3. The third kappa shape index (κ3) is 20.9. The summed E-state index contributed by atoms with van der Waals surface area (Å²) in [5.74, 6) is 0.0508. The van der Waals surface area contributed by atoms with Crippen molar-refractivity contribution in [2.24, 2.45) is 0 Å². The standard InChI is InChI=1S/C45H60ClN3O4/c1-6-7-8-9-10-11-12-13-14-15-16-17-18-19-20-21-22-23-24-25-41(50)49-44(2,3)36-48-43(52)45(4,5)53-40-32-26-37(27-33-40)34-35-47-42(51)38-28-30-39(46)31-29-38/h7-8,10-11,13-14,16-17,19-20,22-23,26-33H,6,9,12,15,18,21,24-25,34-36H2,1-5H3,(H,47,51)(H,48,52)(H,49,50). The maximum absolute atomic E-state index is 13.0. The molecule has 0 aliphatic carbocycles. The lowest BCUT2D eigenvalue weighted by molar-refractivity contribution is -0.134. The van der Waals surface area contributed by atoms with Crippen molar-refractivity contribution >= 4 is 29.3 Å². The average molecular weight is 742 g/mol. The third-order valence-electron chi connectivity index (χ3n) is 7.95. The number of carbonyl (C=O) groups excluding carboxylic acids is 3. The van der Waals surface area contributed by atoms with Gasteiger partial charge in [-0.3, -0.25) is 14.4 Å². The van der Waals surface area contributed by atoms with Gasteiger partial charge in [0.15, 0.2) is 5.60 Å². The fourth-order valence-corrected chi connectivity index (χ4v) is 5.07. The summed E-state index contributed by atoms with van der Waals surface area (Å²) in [5, 5.41) is 9.43. The molecule has 2 aromatic carbocycles. The van der Waals surface area contributed by atoms with E-state index in [0.717, 1.165) is 44.1 Å². The summed E-state index contributed by atoms with van der Waals surface area (Å²) in [6, 6.07) is 14.2. The fourth-order valence-electron chi connectivity index (χ4n) is 4.94.